The molecule has 2 amide bonds. The monoisotopic (exact) mass is 354 g/mol. The van der Waals surface area contributed by atoms with Gasteiger partial charge in [-0.25, -0.2) is 0 Å². The number of hydrogen-bond acceptors (Lipinski definition) is 4. The summed E-state index contributed by atoms with van der Waals surface area (Å²) in [5.74, 6) is -0.737. The Bertz CT molecular complexity index is 799. The Morgan fingerprint density at radius 2 is 1.69 bits per heavy atom. The molecule has 2 atom stereocenters. The molecule has 6 nitrogen and oxygen atoms in total. The van der Waals surface area contributed by atoms with Gasteiger partial charge in [0, 0.05) is 7.05 Å². The van der Waals surface area contributed by atoms with Crippen LogP contribution in [-0.4, -0.2) is 56.2 Å². The molecule has 0 spiro atoms. The van der Waals surface area contributed by atoms with Crippen LogP contribution in [0.5, 0.6) is 0 Å². The van der Waals surface area contributed by atoms with Crippen molar-refractivity contribution in [2.45, 2.75) is 12.8 Å². The van der Waals surface area contributed by atoms with Crippen LogP contribution in [0.2, 0.25) is 0 Å². The van der Waals surface area contributed by atoms with Crippen molar-refractivity contribution in [3.63, 3.8) is 0 Å². The number of fused-ring (bicyclic) bond motifs is 2. The minimum absolute atomic E-state index is 0.0802. The van der Waals surface area contributed by atoms with Crippen molar-refractivity contribution in [2.24, 2.45) is 11.8 Å². The number of imide groups is 1. The van der Waals surface area contributed by atoms with E-state index in [1.165, 1.54) is 4.90 Å². The first-order chi connectivity index (χ1) is 12.6. The summed E-state index contributed by atoms with van der Waals surface area (Å²) in [6.07, 6.45) is 3.27. The number of likely N-dealkylation sites (N-methyl/N-ethyl adjacent to an activating group) is 1. The van der Waals surface area contributed by atoms with E-state index in [0.717, 1.165) is 23.0 Å². The average Bonchev–Trinajstić information content (AvgIpc) is 3.23. The average molecular weight is 354 g/mol. The molecule has 3 heterocycles. The van der Waals surface area contributed by atoms with Crippen LogP contribution in [0.15, 0.2) is 41.9 Å². The molecule has 0 N–H and O–H groups in total. The molecule has 5 rings (SSSR count). The Labute approximate surface area is 152 Å². The number of carbonyl (C=O) groups is 2. The lowest BCUT2D eigenvalue weighted by molar-refractivity contribution is -0.799. The third kappa shape index (κ3) is 1.99. The summed E-state index contributed by atoms with van der Waals surface area (Å²) in [5, 5.41) is 0. The molecule has 1 aromatic rings. The molecule has 4 aliphatic rings. The Morgan fingerprint density at radius 1 is 1.04 bits per heavy atom. The van der Waals surface area contributed by atoms with Gasteiger partial charge in [0.2, 0.25) is 11.8 Å². The maximum absolute atomic E-state index is 13.1. The fourth-order valence-electron chi connectivity index (χ4n) is 5.34. The maximum atomic E-state index is 13.1. The molecule has 0 aromatic heterocycles. The van der Waals surface area contributed by atoms with Gasteiger partial charge in [-0.2, -0.15) is 0 Å². The van der Waals surface area contributed by atoms with Gasteiger partial charge in [-0.15, -0.1) is 11.5 Å². The van der Waals surface area contributed by atoms with Gasteiger partial charge >= 0.3 is 6.69 Å². The van der Waals surface area contributed by atoms with Crippen molar-refractivity contribution in [1.82, 2.24) is 0 Å². The van der Waals surface area contributed by atoms with E-state index < -0.39 is 6.69 Å². The summed E-state index contributed by atoms with van der Waals surface area (Å²) in [5.41, 5.74) is 1.76. The number of nitrogens with zero attached hydrogens (tertiary/aromatic N) is 2. The number of para-hydroxylation sites is 1. The molecule has 0 radical (unpaired) electrons. The largest absolute Gasteiger partial charge is 0.506 e. The molecule has 1 aromatic carbocycles. The Hall–Kier alpha value is -1.96. The van der Waals surface area contributed by atoms with Gasteiger partial charge in [0.1, 0.15) is 0 Å². The van der Waals surface area contributed by atoms with Crippen LogP contribution in [0.4, 0.5) is 5.69 Å². The van der Waals surface area contributed by atoms with E-state index in [2.05, 4.69) is 13.1 Å². The number of rotatable bonds is 2. The van der Waals surface area contributed by atoms with Gasteiger partial charge < -0.3 is 13.7 Å². The summed E-state index contributed by atoms with van der Waals surface area (Å²) in [6.45, 7) is 1.70. The van der Waals surface area contributed by atoms with E-state index >= 15 is 0 Å². The topological polar surface area (TPSA) is 55.8 Å². The van der Waals surface area contributed by atoms with E-state index in [0.29, 0.717) is 31.7 Å². The third-order valence-electron chi connectivity index (χ3n) is 6.85. The van der Waals surface area contributed by atoms with Crippen LogP contribution < -0.4 is 4.90 Å². The second-order valence-electron chi connectivity index (χ2n) is 8.12. The fourth-order valence-corrected chi connectivity index (χ4v) is 5.34. The molecular formula is C19H23BN2O4. The van der Waals surface area contributed by atoms with Gasteiger partial charge in [-0.05, 0) is 25.0 Å². The van der Waals surface area contributed by atoms with Crippen molar-refractivity contribution in [3.8, 4) is 0 Å². The Morgan fingerprint density at radius 3 is 2.38 bits per heavy atom. The molecule has 3 fully saturated rings. The summed E-state index contributed by atoms with van der Waals surface area (Å²) in [6, 6.07) is 9.23. The predicted octanol–water partition coefficient (Wildman–Crippen LogP) is 1.50. The smallest absolute Gasteiger partial charge is 0.498 e. The lowest BCUT2D eigenvalue weighted by atomic mass is 9.55. The highest BCUT2D eigenvalue weighted by atomic mass is 16.6. The van der Waals surface area contributed by atoms with Crippen LogP contribution in [-0.2, 0) is 18.9 Å². The molecule has 136 valence electrons. The maximum Gasteiger partial charge on any atom is 0.498 e. The minimum Gasteiger partial charge on any atom is -0.506 e. The Kier molecular flexibility index (Phi) is 3.45. The highest BCUT2D eigenvalue weighted by molar-refractivity contribution is 6.69. The lowest BCUT2D eigenvalue weighted by Crippen LogP contribution is -2.62. The zero-order valence-electron chi connectivity index (χ0n) is 15.0. The zero-order chi connectivity index (χ0) is 17.9. The van der Waals surface area contributed by atoms with Gasteiger partial charge in [0.25, 0.3) is 0 Å². The molecular weight excluding hydrogens is 331 g/mol. The van der Waals surface area contributed by atoms with Crippen LogP contribution in [0.3, 0.4) is 0 Å². The number of quaternary nitrogens is 1. The Balaban J connectivity index is 1.46. The van der Waals surface area contributed by atoms with Crippen molar-refractivity contribution in [3.05, 3.63) is 41.9 Å². The van der Waals surface area contributed by atoms with Crippen molar-refractivity contribution in [1.29, 1.82) is 0 Å². The summed E-state index contributed by atoms with van der Waals surface area (Å²) >= 11 is 0. The van der Waals surface area contributed by atoms with Crippen molar-refractivity contribution in [2.75, 3.05) is 38.3 Å². The summed E-state index contributed by atoms with van der Waals surface area (Å²) < 4.78 is 13.1. The fraction of sp³-hybridized carbons (Fsp3) is 0.474. The number of allylic oxidation sites excluding steroid dienone is 2. The van der Waals surface area contributed by atoms with Gasteiger partial charge in [-0.1, -0.05) is 18.2 Å². The van der Waals surface area contributed by atoms with E-state index in [1.54, 1.807) is 0 Å². The third-order valence-corrected chi connectivity index (χ3v) is 6.85. The number of carbonyl (C=O) groups excluding carboxylic acids is 2. The number of amides is 2. The normalized spacial score (nSPS) is 39.1. The first-order valence-electron chi connectivity index (χ1n) is 9.44. The first-order valence-corrected chi connectivity index (χ1v) is 9.44. The first kappa shape index (κ1) is 16.2. The number of anilines is 1. The van der Waals surface area contributed by atoms with Crippen LogP contribution in [0.1, 0.15) is 12.8 Å². The zero-order valence-corrected chi connectivity index (χ0v) is 15.0. The van der Waals surface area contributed by atoms with Crippen molar-refractivity contribution >= 4 is 24.2 Å². The van der Waals surface area contributed by atoms with Crippen LogP contribution in [0, 0.1) is 11.8 Å². The van der Waals surface area contributed by atoms with Gasteiger partial charge in [0.15, 0.2) is 0 Å². The standard InChI is InChI=1S/C19H23BN2O4/c1-22-9-11-25-20(22,26-12-10-22)14-7-8-16-17(13-14)19(24)21(18(16)23)15-5-3-2-4-6-15/h2-7,16-17H,8-13H2,1H3. The second kappa shape index (κ2) is 5.52. The highest BCUT2D eigenvalue weighted by Crippen LogP contribution is 2.46. The molecule has 3 aliphatic heterocycles. The van der Waals surface area contributed by atoms with E-state index in [9.17, 15) is 9.59 Å². The molecule has 2 unspecified atom stereocenters. The summed E-state index contributed by atoms with van der Waals surface area (Å²) in [4.78, 5) is 27.3. The highest BCUT2D eigenvalue weighted by Gasteiger charge is 2.60. The number of hydrogen-bond donors (Lipinski definition) is 0. The molecule has 0 bridgehead atoms. The molecule has 3 saturated heterocycles. The summed E-state index contributed by atoms with van der Waals surface area (Å²) in [7, 11) is 2.19. The van der Waals surface area contributed by atoms with Crippen LogP contribution in [0.25, 0.3) is 0 Å². The van der Waals surface area contributed by atoms with Crippen molar-refractivity contribution < 1.29 is 23.3 Å². The number of benzene rings is 1. The molecule has 1 aliphatic carbocycles. The second-order valence-corrected chi connectivity index (χ2v) is 8.12. The predicted molar refractivity (Wildman–Crippen MR) is 96.8 cm³/mol. The quantitative estimate of drug-likeness (QED) is 0.597. The molecule has 0 saturated carbocycles. The minimum atomic E-state index is -1.55. The SMILES string of the molecule is C[N+]12CCO[B-]1(C1=CCC3C(=O)N(c4ccccc4)C(=O)C3C1)OCC2. The van der Waals surface area contributed by atoms with Crippen LogP contribution >= 0.6 is 0 Å². The van der Waals surface area contributed by atoms with Gasteiger partial charge in [0.05, 0.1) is 43.8 Å². The molecule has 26 heavy (non-hydrogen) atoms. The van der Waals surface area contributed by atoms with E-state index in [4.69, 9.17) is 9.31 Å². The lowest BCUT2D eigenvalue weighted by Gasteiger charge is -2.46. The van der Waals surface area contributed by atoms with E-state index in [-0.39, 0.29) is 23.7 Å². The van der Waals surface area contributed by atoms with E-state index in [1.807, 2.05) is 30.3 Å². The van der Waals surface area contributed by atoms with Gasteiger partial charge in [-0.3, -0.25) is 14.5 Å². The molecule has 7 heteroatoms.